The van der Waals surface area contributed by atoms with Crippen LogP contribution in [0.5, 0.6) is 0 Å². The fourth-order valence-electron chi connectivity index (χ4n) is 5.02. The summed E-state index contributed by atoms with van der Waals surface area (Å²) < 4.78 is 3.41. The monoisotopic (exact) mass is 437 g/mol. The first-order valence-electron chi connectivity index (χ1n) is 12.0. The Balaban J connectivity index is 1.29. The van der Waals surface area contributed by atoms with Crippen LogP contribution in [0.15, 0.2) is 35.3 Å². The van der Waals surface area contributed by atoms with E-state index in [0.29, 0.717) is 30.9 Å². The zero-order valence-corrected chi connectivity index (χ0v) is 19.3. The lowest BCUT2D eigenvalue weighted by Gasteiger charge is -2.31. The van der Waals surface area contributed by atoms with Crippen LogP contribution in [0.2, 0.25) is 0 Å². The number of carbonyl (C=O) groups excluding carboxylic acids is 1. The topological polar surface area (TPSA) is 72.2 Å². The molecule has 2 aromatic heterocycles. The van der Waals surface area contributed by atoms with Crippen molar-refractivity contribution in [3.05, 3.63) is 40.8 Å². The number of rotatable bonds is 9. The molecule has 1 amide bonds. The highest BCUT2D eigenvalue weighted by molar-refractivity contribution is 6.07. The third-order valence-electron chi connectivity index (χ3n) is 6.86. The maximum absolute atomic E-state index is 12.8. The van der Waals surface area contributed by atoms with E-state index in [-0.39, 0.29) is 11.5 Å². The van der Waals surface area contributed by atoms with E-state index in [0.717, 1.165) is 35.8 Å². The molecule has 0 bridgehead atoms. The van der Waals surface area contributed by atoms with E-state index in [1.54, 1.807) is 13.2 Å². The van der Waals surface area contributed by atoms with Crippen molar-refractivity contribution in [1.29, 1.82) is 0 Å². The van der Waals surface area contributed by atoms with Gasteiger partial charge in [-0.05, 0) is 45.3 Å². The molecule has 0 spiro atoms. The number of hydrogen-bond donors (Lipinski definition) is 1. The zero-order chi connectivity index (χ0) is 22.5. The molecule has 1 aliphatic rings. The smallest absolute Gasteiger partial charge is 0.291 e. The first-order valence-corrected chi connectivity index (χ1v) is 12.0. The summed E-state index contributed by atoms with van der Waals surface area (Å²) in [6, 6.07) is 8.72. The molecule has 0 unspecified atom stereocenters. The summed E-state index contributed by atoms with van der Waals surface area (Å²) in [5.41, 5.74) is 1.57. The van der Waals surface area contributed by atoms with E-state index in [9.17, 15) is 9.59 Å². The van der Waals surface area contributed by atoms with Crippen molar-refractivity contribution in [2.45, 2.75) is 64.0 Å². The van der Waals surface area contributed by atoms with Crippen molar-refractivity contribution in [2.24, 2.45) is 7.05 Å². The molecule has 0 atom stereocenters. The van der Waals surface area contributed by atoms with Crippen LogP contribution in [0.4, 0.5) is 0 Å². The molecule has 172 valence electrons. The Morgan fingerprint density at radius 3 is 2.75 bits per heavy atom. The van der Waals surface area contributed by atoms with E-state index in [2.05, 4.69) is 22.4 Å². The van der Waals surface area contributed by atoms with Crippen molar-refractivity contribution in [3.63, 3.8) is 0 Å². The molecule has 1 aromatic carbocycles. The lowest BCUT2D eigenvalue weighted by atomic mass is 9.94. The van der Waals surface area contributed by atoms with Crippen LogP contribution in [0.25, 0.3) is 21.8 Å². The summed E-state index contributed by atoms with van der Waals surface area (Å²) in [6.45, 7) is 2.38. The Morgan fingerprint density at radius 2 is 1.94 bits per heavy atom. The minimum Gasteiger partial charge on any atom is -0.356 e. The normalized spacial score (nSPS) is 15.1. The van der Waals surface area contributed by atoms with Crippen molar-refractivity contribution in [1.82, 2.24) is 24.6 Å². The second-order valence-corrected chi connectivity index (χ2v) is 9.08. The summed E-state index contributed by atoms with van der Waals surface area (Å²) in [4.78, 5) is 27.6. The number of amides is 1. The number of fused-ring (bicyclic) bond motifs is 3. The fraction of sp³-hybridized carbons (Fsp3) is 0.560. The SMILES string of the molecule is CN(CCCNC(=O)CCCn1c2ccccc2c2cnn(C)c(=O)c21)C1CCCCC1. The Hall–Kier alpha value is -2.67. The third-order valence-corrected chi connectivity index (χ3v) is 6.86. The zero-order valence-electron chi connectivity index (χ0n) is 19.3. The first kappa shape index (κ1) is 22.5. The Labute approximate surface area is 189 Å². The molecule has 1 saturated carbocycles. The maximum atomic E-state index is 12.8. The first-order chi connectivity index (χ1) is 15.6. The molecule has 7 heteroatoms. The summed E-state index contributed by atoms with van der Waals surface area (Å²) in [7, 11) is 3.88. The molecule has 0 aliphatic heterocycles. The van der Waals surface area contributed by atoms with E-state index >= 15 is 0 Å². The minimum atomic E-state index is -0.106. The Morgan fingerprint density at radius 1 is 1.16 bits per heavy atom. The Kier molecular flexibility index (Phi) is 7.25. The van der Waals surface area contributed by atoms with Gasteiger partial charge < -0.3 is 14.8 Å². The van der Waals surface area contributed by atoms with E-state index in [1.807, 2.05) is 28.8 Å². The van der Waals surface area contributed by atoms with Crippen LogP contribution in [-0.2, 0) is 18.4 Å². The summed E-state index contributed by atoms with van der Waals surface area (Å²) in [6.07, 6.45) is 10.6. The third kappa shape index (κ3) is 4.88. The highest BCUT2D eigenvalue weighted by Crippen LogP contribution is 2.26. The van der Waals surface area contributed by atoms with Gasteiger partial charge >= 0.3 is 0 Å². The molecule has 3 aromatic rings. The largest absolute Gasteiger partial charge is 0.356 e. The van der Waals surface area contributed by atoms with Gasteiger partial charge in [0.2, 0.25) is 5.91 Å². The number of carbonyl (C=O) groups is 1. The van der Waals surface area contributed by atoms with E-state index < -0.39 is 0 Å². The number of nitrogens with zero attached hydrogens (tertiary/aromatic N) is 4. The molecule has 0 saturated heterocycles. The van der Waals surface area contributed by atoms with Crippen molar-refractivity contribution in [2.75, 3.05) is 20.1 Å². The average molecular weight is 438 g/mol. The highest BCUT2D eigenvalue weighted by Gasteiger charge is 2.17. The quantitative estimate of drug-likeness (QED) is 0.521. The van der Waals surface area contributed by atoms with Crippen molar-refractivity contribution in [3.8, 4) is 0 Å². The maximum Gasteiger partial charge on any atom is 0.291 e. The molecule has 0 radical (unpaired) electrons. The number of aromatic nitrogens is 3. The Bertz CT molecular complexity index is 1130. The van der Waals surface area contributed by atoms with Crippen LogP contribution in [0, 0.1) is 0 Å². The molecule has 7 nitrogen and oxygen atoms in total. The number of hydrogen-bond acceptors (Lipinski definition) is 4. The number of nitrogens with one attached hydrogen (secondary N) is 1. The van der Waals surface area contributed by atoms with Gasteiger partial charge in [0, 0.05) is 48.9 Å². The molecule has 1 fully saturated rings. The molecule has 32 heavy (non-hydrogen) atoms. The summed E-state index contributed by atoms with van der Waals surface area (Å²) in [5.74, 6) is 0.0839. The van der Waals surface area contributed by atoms with Crippen molar-refractivity contribution >= 4 is 27.7 Å². The van der Waals surface area contributed by atoms with Crippen LogP contribution in [-0.4, -0.2) is 51.3 Å². The van der Waals surface area contributed by atoms with Gasteiger partial charge in [0.15, 0.2) is 0 Å². The molecule has 4 rings (SSSR count). The standard InChI is InChI=1S/C25H35N5O2/c1-28(19-10-4-3-5-11-19)16-9-15-26-23(31)14-8-17-30-22-13-7-6-12-20(22)21-18-27-29(2)25(32)24(21)30/h6-7,12-13,18-19H,3-5,8-11,14-17H2,1-2H3,(H,26,31). The summed E-state index contributed by atoms with van der Waals surface area (Å²) in [5, 5.41) is 9.15. The molecule has 2 heterocycles. The second-order valence-electron chi connectivity index (χ2n) is 9.08. The molecular weight excluding hydrogens is 402 g/mol. The van der Waals surface area contributed by atoms with Gasteiger partial charge in [0.05, 0.1) is 6.20 Å². The number of aryl methyl sites for hydroxylation is 2. The fourth-order valence-corrected chi connectivity index (χ4v) is 5.02. The number of para-hydroxylation sites is 1. The van der Waals surface area contributed by atoms with Gasteiger partial charge in [-0.2, -0.15) is 5.10 Å². The van der Waals surface area contributed by atoms with Gasteiger partial charge in [-0.1, -0.05) is 37.5 Å². The van der Waals surface area contributed by atoms with Gasteiger partial charge in [0.1, 0.15) is 5.52 Å². The lowest BCUT2D eigenvalue weighted by Crippen LogP contribution is -2.35. The van der Waals surface area contributed by atoms with Gasteiger partial charge in [0.25, 0.3) is 5.56 Å². The predicted octanol–water partition coefficient (Wildman–Crippen LogP) is 3.44. The van der Waals surface area contributed by atoms with E-state index in [1.165, 1.54) is 36.8 Å². The predicted molar refractivity (Wildman–Crippen MR) is 129 cm³/mol. The molecule has 1 N–H and O–H groups in total. The molecule has 1 aliphatic carbocycles. The molecular formula is C25H35N5O2. The minimum absolute atomic E-state index is 0.0839. The summed E-state index contributed by atoms with van der Waals surface area (Å²) >= 11 is 0. The number of benzene rings is 1. The van der Waals surface area contributed by atoms with Crippen LogP contribution >= 0.6 is 0 Å². The average Bonchev–Trinajstić information content (AvgIpc) is 3.14. The van der Waals surface area contributed by atoms with Gasteiger partial charge in [-0.15, -0.1) is 0 Å². The van der Waals surface area contributed by atoms with Crippen molar-refractivity contribution < 1.29 is 4.79 Å². The van der Waals surface area contributed by atoms with Gasteiger partial charge in [-0.3, -0.25) is 9.59 Å². The second kappa shape index (κ2) is 10.3. The van der Waals surface area contributed by atoms with Crippen LogP contribution in [0.3, 0.4) is 0 Å². The van der Waals surface area contributed by atoms with Crippen LogP contribution in [0.1, 0.15) is 51.4 Å². The highest BCUT2D eigenvalue weighted by atomic mass is 16.1. The van der Waals surface area contributed by atoms with E-state index in [4.69, 9.17) is 0 Å². The van der Waals surface area contributed by atoms with Gasteiger partial charge in [-0.25, -0.2) is 4.68 Å². The van der Waals surface area contributed by atoms with Crippen LogP contribution < -0.4 is 10.9 Å². The lowest BCUT2D eigenvalue weighted by molar-refractivity contribution is -0.121.